The Hall–Kier alpha value is -6.14. The molecule has 4 heterocycles. The van der Waals surface area contributed by atoms with Crippen molar-refractivity contribution in [3.8, 4) is 45.1 Å². The van der Waals surface area contributed by atoms with Crippen molar-refractivity contribution in [2.24, 2.45) is 10.8 Å². The Morgan fingerprint density at radius 3 is 1.50 bits per heavy atom. The molecule has 4 N–H and O–H groups in total. The SMILES string of the molecule is COCCOc1c(-c2ccc(-c3cnc([C@@H]4CCCN4C(=O)[C@@H](NC(=O)OC)C(C)(C)C)[nH]3)cc2)ccc(-c2cnc([C@@H]3CCCN3C(=O)[C@@H](NC(=O)OC)C(C)(C)C)[nH]2)c1OCCOC. The second kappa shape index (κ2) is 21.4. The van der Waals surface area contributed by atoms with Crippen molar-refractivity contribution >= 4 is 24.0 Å². The standard InChI is InChI=1S/C48H66N8O10/c1-47(2,3)39(53-45(59)63-9)43(57)55-21-11-13-35(55)41-49-27-33(51-41)30-17-15-29(16-18-30)31-19-20-32(38(66-26-24-62-8)37(31)65-25-23-61-7)34-28-50-42(52-34)36-14-12-22-56(36)44(58)40(48(4,5)6)54-46(60)64-10/h15-20,27-28,35-36,39-40H,11-14,21-26H2,1-10H3,(H,49,51)(H,50,52)(H,53,59)(H,54,60)/t35-,36-,39+,40+/m0/s1. The van der Waals surface area contributed by atoms with Gasteiger partial charge in [0, 0.05) is 38.4 Å². The van der Waals surface area contributed by atoms with E-state index < -0.39 is 35.1 Å². The van der Waals surface area contributed by atoms with Crippen LogP contribution in [-0.2, 0) is 28.5 Å². The average molecular weight is 915 g/mol. The van der Waals surface area contributed by atoms with Crippen LogP contribution in [0, 0.1) is 10.8 Å². The van der Waals surface area contributed by atoms with Gasteiger partial charge in [0.2, 0.25) is 11.8 Å². The molecule has 0 radical (unpaired) electrons. The van der Waals surface area contributed by atoms with Gasteiger partial charge >= 0.3 is 12.2 Å². The van der Waals surface area contributed by atoms with Gasteiger partial charge in [-0.05, 0) is 59.8 Å². The number of H-pyrrole nitrogens is 2. The number of hydrogen-bond acceptors (Lipinski definition) is 12. The highest BCUT2D eigenvalue weighted by Gasteiger charge is 2.43. The van der Waals surface area contributed by atoms with Gasteiger partial charge in [0.25, 0.3) is 0 Å². The Morgan fingerprint density at radius 1 is 0.621 bits per heavy atom. The molecule has 2 aliphatic heterocycles. The number of aromatic nitrogens is 4. The minimum Gasteiger partial charge on any atom is -0.487 e. The summed E-state index contributed by atoms with van der Waals surface area (Å²) in [4.78, 5) is 72.5. The zero-order valence-corrected chi connectivity index (χ0v) is 39.9. The highest BCUT2D eigenvalue weighted by molar-refractivity contribution is 5.88. The summed E-state index contributed by atoms with van der Waals surface area (Å²) >= 11 is 0. The van der Waals surface area contributed by atoms with Gasteiger partial charge in [-0.25, -0.2) is 19.6 Å². The fourth-order valence-electron chi connectivity index (χ4n) is 8.48. The first-order chi connectivity index (χ1) is 31.5. The summed E-state index contributed by atoms with van der Waals surface area (Å²) in [6.07, 6.45) is 5.19. The fourth-order valence-corrected chi connectivity index (χ4v) is 8.48. The summed E-state index contributed by atoms with van der Waals surface area (Å²) in [6, 6.07) is 9.74. The number of methoxy groups -OCH3 is 4. The Kier molecular flexibility index (Phi) is 16.0. The lowest BCUT2D eigenvalue weighted by Gasteiger charge is -2.35. The number of aromatic amines is 2. The third-order valence-corrected chi connectivity index (χ3v) is 12.0. The van der Waals surface area contributed by atoms with Crippen LogP contribution < -0.4 is 20.1 Å². The third kappa shape index (κ3) is 11.3. The van der Waals surface area contributed by atoms with Crippen molar-refractivity contribution in [3.05, 3.63) is 60.4 Å². The largest absolute Gasteiger partial charge is 0.487 e. The van der Waals surface area contributed by atoms with E-state index in [0.29, 0.717) is 67.1 Å². The number of hydrogen-bond donors (Lipinski definition) is 4. The minimum absolute atomic E-state index is 0.182. The van der Waals surface area contributed by atoms with Gasteiger partial charge in [0.1, 0.15) is 36.9 Å². The van der Waals surface area contributed by atoms with E-state index in [9.17, 15) is 19.2 Å². The number of nitrogens with zero attached hydrogens (tertiary/aromatic N) is 4. The molecule has 2 saturated heterocycles. The molecular weight excluding hydrogens is 849 g/mol. The van der Waals surface area contributed by atoms with E-state index in [1.165, 1.54) is 14.2 Å². The molecule has 358 valence electrons. The van der Waals surface area contributed by atoms with Crippen LogP contribution in [-0.4, -0.2) is 134 Å². The van der Waals surface area contributed by atoms with Crippen molar-refractivity contribution in [3.63, 3.8) is 0 Å². The molecule has 2 aromatic heterocycles. The molecule has 2 aliphatic rings. The predicted molar refractivity (Wildman–Crippen MR) is 247 cm³/mol. The number of likely N-dealkylation sites (tertiary alicyclic amines) is 2. The molecule has 0 aliphatic carbocycles. The molecule has 0 saturated carbocycles. The Labute approximate surface area is 386 Å². The fraction of sp³-hybridized carbons (Fsp3) is 0.542. The molecule has 18 heteroatoms. The highest BCUT2D eigenvalue weighted by Crippen LogP contribution is 2.46. The summed E-state index contributed by atoms with van der Waals surface area (Å²) in [5.41, 5.74) is 3.58. The van der Waals surface area contributed by atoms with E-state index in [1.54, 1.807) is 36.4 Å². The molecule has 6 rings (SSSR count). The number of benzene rings is 2. The minimum atomic E-state index is -0.808. The van der Waals surface area contributed by atoms with Crippen molar-refractivity contribution < 1.29 is 47.6 Å². The third-order valence-electron chi connectivity index (χ3n) is 12.0. The summed E-state index contributed by atoms with van der Waals surface area (Å²) in [5.74, 6) is 1.89. The number of amides is 4. The number of imidazole rings is 2. The van der Waals surface area contributed by atoms with Crippen LogP contribution in [0.15, 0.2) is 48.8 Å². The van der Waals surface area contributed by atoms with Gasteiger partial charge in [0.15, 0.2) is 11.5 Å². The number of alkyl carbamates (subject to hydrolysis) is 2. The van der Waals surface area contributed by atoms with Crippen LogP contribution in [0.5, 0.6) is 11.5 Å². The Balaban J connectivity index is 1.29. The van der Waals surface area contributed by atoms with E-state index in [2.05, 4.69) is 20.6 Å². The molecule has 0 spiro atoms. The first-order valence-corrected chi connectivity index (χ1v) is 22.4. The maximum Gasteiger partial charge on any atom is 0.407 e. The van der Waals surface area contributed by atoms with Crippen LogP contribution >= 0.6 is 0 Å². The zero-order chi connectivity index (χ0) is 47.8. The quantitative estimate of drug-likeness (QED) is 0.0785. The molecule has 2 aromatic carbocycles. The van der Waals surface area contributed by atoms with E-state index in [4.69, 9.17) is 38.4 Å². The van der Waals surface area contributed by atoms with Crippen LogP contribution in [0.2, 0.25) is 0 Å². The average Bonchev–Trinajstić information content (AvgIpc) is 4.14. The molecule has 66 heavy (non-hydrogen) atoms. The van der Waals surface area contributed by atoms with Gasteiger partial charge < -0.3 is 58.8 Å². The van der Waals surface area contributed by atoms with Gasteiger partial charge in [-0.2, -0.15) is 0 Å². The maximum atomic E-state index is 14.0. The summed E-state index contributed by atoms with van der Waals surface area (Å²) in [6.45, 7) is 13.7. The second-order valence-electron chi connectivity index (χ2n) is 18.7. The molecule has 4 aromatic rings. The lowest BCUT2D eigenvalue weighted by Crippen LogP contribution is -2.54. The zero-order valence-electron chi connectivity index (χ0n) is 39.9. The first-order valence-electron chi connectivity index (χ1n) is 22.4. The van der Waals surface area contributed by atoms with Gasteiger partial charge in [-0.15, -0.1) is 0 Å². The van der Waals surface area contributed by atoms with E-state index in [-0.39, 0.29) is 37.1 Å². The second-order valence-corrected chi connectivity index (χ2v) is 18.7. The topological polar surface area (TPSA) is 212 Å². The number of carbonyl (C=O) groups is 4. The lowest BCUT2D eigenvalue weighted by atomic mass is 9.85. The Morgan fingerprint density at radius 2 is 1.05 bits per heavy atom. The van der Waals surface area contributed by atoms with Crippen LogP contribution in [0.3, 0.4) is 0 Å². The molecule has 2 fully saturated rings. The van der Waals surface area contributed by atoms with E-state index in [1.807, 2.05) is 77.9 Å². The highest BCUT2D eigenvalue weighted by atomic mass is 16.6. The van der Waals surface area contributed by atoms with Gasteiger partial charge in [-0.1, -0.05) is 65.8 Å². The normalized spacial score (nSPS) is 17.3. The number of rotatable bonds is 17. The molecule has 4 atom stereocenters. The van der Waals surface area contributed by atoms with Crippen molar-refractivity contribution in [1.29, 1.82) is 0 Å². The van der Waals surface area contributed by atoms with Crippen molar-refractivity contribution in [1.82, 2.24) is 40.4 Å². The molecule has 0 unspecified atom stereocenters. The number of nitrogens with one attached hydrogen (secondary N) is 4. The van der Waals surface area contributed by atoms with Gasteiger partial charge in [-0.3, -0.25) is 9.59 Å². The lowest BCUT2D eigenvalue weighted by molar-refractivity contribution is -0.137. The summed E-state index contributed by atoms with van der Waals surface area (Å²) in [5, 5.41) is 5.48. The van der Waals surface area contributed by atoms with E-state index >= 15 is 0 Å². The van der Waals surface area contributed by atoms with Gasteiger partial charge in [0.05, 0.1) is 63.3 Å². The van der Waals surface area contributed by atoms with Crippen LogP contribution in [0.25, 0.3) is 33.6 Å². The van der Waals surface area contributed by atoms with Crippen molar-refractivity contribution in [2.75, 3.05) is 68.0 Å². The molecule has 4 amide bonds. The predicted octanol–water partition coefficient (Wildman–Crippen LogP) is 7.05. The van der Waals surface area contributed by atoms with Crippen LogP contribution in [0.4, 0.5) is 9.59 Å². The summed E-state index contributed by atoms with van der Waals surface area (Å²) < 4.78 is 33.4. The first kappa shape index (κ1) is 49.3. The monoisotopic (exact) mass is 914 g/mol. The number of ether oxygens (including phenoxy) is 6. The number of carbonyl (C=O) groups excluding carboxylic acids is 4. The molecule has 18 nitrogen and oxygen atoms in total. The maximum absolute atomic E-state index is 14.0. The molecule has 0 bridgehead atoms. The van der Waals surface area contributed by atoms with Crippen LogP contribution in [0.1, 0.15) is 91.0 Å². The smallest absolute Gasteiger partial charge is 0.407 e. The van der Waals surface area contributed by atoms with Crippen molar-refractivity contribution in [2.45, 2.75) is 91.4 Å². The molecular formula is C48H66N8O10. The Bertz CT molecular complexity index is 2300. The summed E-state index contributed by atoms with van der Waals surface area (Å²) in [7, 11) is 5.78. The van der Waals surface area contributed by atoms with E-state index in [0.717, 1.165) is 41.6 Å².